The highest BCUT2D eigenvalue weighted by Crippen LogP contribution is 2.41. The molecule has 0 saturated carbocycles. The van der Waals surface area contributed by atoms with Crippen molar-refractivity contribution in [1.82, 2.24) is 0 Å². The maximum Gasteiger partial charge on any atom is 0.421 e. The van der Waals surface area contributed by atoms with Gasteiger partial charge in [-0.2, -0.15) is 13.2 Å². The average molecular weight is 304 g/mol. The van der Waals surface area contributed by atoms with Gasteiger partial charge in [-0.3, -0.25) is 0 Å². The van der Waals surface area contributed by atoms with Gasteiger partial charge >= 0.3 is 6.18 Å². The lowest BCUT2D eigenvalue weighted by Gasteiger charge is -2.34. The van der Waals surface area contributed by atoms with Crippen LogP contribution in [0.25, 0.3) is 0 Å². The number of alkyl halides is 3. The number of phenolic OH excluding ortho intramolecular Hbond substituents is 1. The third-order valence-electron chi connectivity index (χ3n) is 2.67. The standard InChI is InChI=1S/C10H10ClF4NO3/c11-6-4(1-2-5(18)7(6)12)8(16)9(19,3-17)10(13,14)15/h1-2,8,17-19H,3,16H2. The van der Waals surface area contributed by atoms with E-state index in [2.05, 4.69) is 0 Å². The second kappa shape index (κ2) is 5.12. The number of hydrogen-bond acceptors (Lipinski definition) is 4. The second-order valence-corrected chi connectivity index (χ2v) is 4.24. The minimum absolute atomic E-state index is 0.592. The molecule has 0 spiro atoms. The second-order valence-electron chi connectivity index (χ2n) is 3.86. The molecule has 9 heteroatoms. The summed E-state index contributed by atoms with van der Waals surface area (Å²) < 4.78 is 51.3. The zero-order valence-electron chi connectivity index (χ0n) is 9.25. The lowest BCUT2D eigenvalue weighted by Crippen LogP contribution is -2.56. The smallest absolute Gasteiger partial charge is 0.421 e. The zero-order valence-corrected chi connectivity index (χ0v) is 10.0. The summed E-state index contributed by atoms with van der Waals surface area (Å²) in [6.45, 7) is -1.73. The van der Waals surface area contributed by atoms with Crippen LogP contribution in [0.5, 0.6) is 5.75 Å². The number of aromatic hydroxyl groups is 1. The molecule has 0 radical (unpaired) electrons. The van der Waals surface area contributed by atoms with Gasteiger partial charge in [0.05, 0.1) is 17.7 Å². The van der Waals surface area contributed by atoms with Crippen LogP contribution < -0.4 is 5.73 Å². The Morgan fingerprint density at radius 1 is 1.32 bits per heavy atom. The number of aliphatic hydroxyl groups excluding tert-OH is 1. The number of aliphatic hydroxyl groups is 2. The molecule has 0 fully saturated rings. The molecule has 2 unspecified atom stereocenters. The van der Waals surface area contributed by atoms with E-state index in [4.69, 9.17) is 27.5 Å². The maximum absolute atomic E-state index is 13.3. The van der Waals surface area contributed by atoms with Gasteiger partial charge in [-0.05, 0) is 11.6 Å². The number of hydrogen-bond donors (Lipinski definition) is 4. The highest BCUT2D eigenvalue weighted by molar-refractivity contribution is 6.31. The van der Waals surface area contributed by atoms with Gasteiger partial charge in [-0.1, -0.05) is 17.7 Å². The first-order valence-electron chi connectivity index (χ1n) is 4.88. The molecule has 19 heavy (non-hydrogen) atoms. The normalized spacial score (nSPS) is 17.1. The van der Waals surface area contributed by atoms with Crippen molar-refractivity contribution in [3.05, 3.63) is 28.5 Å². The molecule has 0 aliphatic rings. The van der Waals surface area contributed by atoms with Crippen molar-refractivity contribution in [2.24, 2.45) is 5.73 Å². The van der Waals surface area contributed by atoms with Crippen LogP contribution in [0.3, 0.4) is 0 Å². The van der Waals surface area contributed by atoms with Crippen molar-refractivity contribution in [2.45, 2.75) is 17.8 Å². The summed E-state index contributed by atoms with van der Waals surface area (Å²) >= 11 is 5.43. The first kappa shape index (κ1) is 16.0. The molecule has 108 valence electrons. The lowest BCUT2D eigenvalue weighted by atomic mass is 9.89. The number of nitrogens with two attached hydrogens (primary N) is 1. The molecular formula is C10H10ClF4NO3. The Balaban J connectivity index is 3.34. The molecular weight excluding hydrogens is 294 g/mol. The fraction of sp³-hybridized carbons (Fsp3) is 0.400. The van der Waals surface area contributed by atoms with E-state index in [0.717, 1.165) is 12.1 Å². The molecule has 5 N–H and O–H groups in total. The van der Waals surface area contributed by atoms with Gasteiger partial charge in [0.2, 0.25) is 5.60 Å². The fourth-order valence-corrected chi connectivity index (χ4v) is 1.69. The van der Waals surface area contributed by atoms with Crippen LogP contribution in [-0.2, 0) is 0 Å². The maximum atomic E-state index is 13.3. The van der Waals surface area contributed by atoms with E-state index in [1.54, 1.807) is 0 Å². The van der Waals surface area contributed by atoms with Gasteiger partial charge in [0.25, 0.3) is 0 Å². The molecule has 0 heterocycles. The molecule has 0 bridgehead atoms. The molecule has 1 rings (SSSR count). The number of halogens is 5. The summed E-state index contributed by atoms with van der Waals surface area (Å²) in [7, 11) is 0. The van der Waals surface area contributed by atoms with Crippen molar-refractivity contribution >= 4 is 11.6 Å². The molecule has 0 aliphatic heterocycles. The van der Waals surface area contributed by atoms with Crippen LogP contribution >= 0.6 is 11.6 Å². The van der Waals surface area contributed by atoms with E-state index in [1.807, 2.05) is 0 Å². The van der Waals surface area contributed by atoms with Crippen LogP contribution in [0.15, 0.2) is 12.1 Å². The number of rotatable bonds is 3. The van der Waals surface area contributed by atoms with Crippen LogP contribution in [0, 0.1) is 5.82 Å². The van der Waals surface area contributed by atoms with Gasteiger partial charge in [-0.15, -0.1) is 0 Å². The summed E-state index contributed by atoms with van der Waals surface area (Å²) in [4.78, 5) is 0. The van der Waals surface area contributed by atoms with Gasteiger partial charge in [0, 0.05) is 0 Å². The highest BCUT2D eigenvalue weighted by Gasteiger charge is 2.58. The third-order valence-corrected chi connectivity index (χ3v) is 3.06. The summed E-state index contributed by atoms with van der Waals surface area (Å²) in [6, 6.07) is -0.650. The quantitative estimate of drug-likeness (QED) is 0.637. The van der Waals surface area contributed by atoms with Crippen LogP contribution in [0.2, 0.25) is 5.02 Å². The SMILES string of the molecule is NC(c1ccc(O)c(F)c1Cl)C(O)(CO)C(F)(F)F. The largest absolute Gasteiger partial charge is 0.505 e. The summed E-state index contributed by atoms with van der Waals surface area (Å²) in [5.41, 5.74) is 0.955. The number of benzene rings is 1. The zero-order chi connectivity index (χ0) is 15.0. The van der Waals surface area contributed by atoms with Crippen molar-refractivity contribution in [3.8, 4) is 5.75 Å². The van der Waals surface area contributed by atoms with Gasteiger partial charge in [-0.25, -0.2) is 4.39 Å². The third kappa shape index (κ3) is 2.62. The topological polar surface area (TPSA) is 86.7 Å². The van der Waals surface area contributed by atoms with Gasteiger partial charge in [0.15, 0.2) is 11.6 Å². The Hall–Kier alpha value is -1.09. The first-order chi connectivity index (χ1) is 8.56. The molecule has 1 aromatic rings. The summed E-state index contributed by atoms with van der Waals surface area (Å²) in [6.07, 6.45) is -5.25. The molecule has 0 aromatic heterocycles. The van der Waals surface area contributed by atoms with E-state index >= 15 is 0 Å². The minimum Gasteiger partial charge on any atom is -0.505 e. The van der Waals surface area contributed by atoms with E-state index in [0.29, 0.717) is 0 Å². The van der Waals surface area contributed by atoms with Crippen LogP contribution in [-0.4, -0.2) is 33.7 Å². The molecule has 1 aromatic carbocycles. The monoisotopic (exact) mass is 303 g/mol. The average Bonchev–Trinajstić information content (AvgIpc) is 2.33. The first-order valence-corrected chi connectivity index (χ1v) is 5.26. The Labute approximate surface area is 110 Å². The van der Waals surface area contributed by atoms with Gasteiger partial charge < -0.3 is 21.1 Å². The van der Waals surface area contributed by atoms with Crippen LogP contribution in [0.1, 0.15) is 11.6 Å². The Morgan fingerprint density at radius 2 is 1.84 bits per heavy atom. The molecule has 4 nitrogen and oxygen atoms in total. The van der Waals surface area contributed by atoms with E-state index < -0.39 is 46.6 Å². The Bertz CT molecular complexity index is 483. The molecule has 0 saturated heterocycles. The van der Waals surface area contributed by atoms with E-state index in [-0.39, 0.29) is 0 Å². The van der Waals surface area contributed by atoms with Crippen molar-refractivity contribution in [2.75, 3.05) is 6.61 Å². The predicted molar refractivity (Wildman–Crippen MR) is 58.1 cm³/mol. The summed E-state index contributed by atoms with van der Waals surface area (Å²) in [5, 5.41) is 26.3. The highest BCUT2D eigenvalue weighted by atomic mass is 35.5. The van der Waals surface area contributed by atoms with Gasteiger partial charge in [0.1, 0.15) is 0 Å². The van der Waals surface area contributed by atoms with E-state index in [9.17, 15) is 22.7 Å². The minimum atomic E-state index is -5.25. The lowest BCUT2D eigenvalue weighted by molar-refractivity contribution is -0.279. The molecule has 0 aliphatic carbocycles. The van der Waals surface area contributed by atoms with E-state index in [1.165, 1.54) is 0 Å². The predicted octanol–water partition coefficient (Wildman–Crippen LogP) is 1.47. The van der Waals surface area contributed by atoms with Crippen molar-refractivity contribution < 1.29 is 32.9 Å². The Kier molecular flexibility index (Phi) is 4.30. The fourth-order valence-electron chi connectivity index (χ4n) is 1.42. The van der Waals surface area contributed by atoms with Crippen molar-refractivity contribution in [1.29, 1.82) is 0 Å². The summed E-state index contributed by atoms with van der Waals surface area (Å²) in [5.74, 6) is -2.24. The van der Waals surface area contributed by atoms with Crippen LogP contribution in [0.4, 0.5) is 17.6 Å². The molecule has 0 amide bonds. The Morgan fingerprint density at radius 3 is 2.26 bits per heavy atom. The van der Waals surface area contributed by atoms with Crippen molar-refractivity contribution in [3.63, 3.8) is 0 Å². The number of phenols is 1. The molecule has 2 atom stereocenters.